The number of carbonyl (C=O) groups is 1. The number of nitrogens with one attached hydrogen (secondary N) is 1. The fraction of sp³-hybridized carbons (Fsp3) is 0.440. The normalized spacial score (nSPS) is 18.3. The van der Waals surface area contributed by atoms with Gasteiger partial charge >= 0.3 is 0 Å². The van der Waals surface area contributed by atoms with Gasteiger partial charge in [0.15, 0.2) is 5.82 Å². The Morgan fingerprint density at radius 1 is 1.14 bits per heavy atom. The van der Waals surface area contributed by atoms with Crippen LogP contribution < -0.4 is 10.6 Å². The summed E-state index contributed by atoms with van der Waals surface area (Å²) in [7, 11) is 0. The number of benzene rings is 1. The quantitative estimate of drug-likeness (QED) is 0.423. The molecule has 2 saturated heterocycles. The van der Waals surface area contributed by atoms with Gasteiger partial charge in [-0.05, 0) is 19.1 Å². The van der Waals surface area contributed by atoms with E-state index in [1.54, 1.807) is 18.3 Å². The predicted octanol–water partition coefficient (Wildman–Crippen LogP) is 2.06. The Labute approximate surface area is 213 Å². The van der Waals surface area contributed by atoms with E-state index in [4.69, 9.17) is 20.4 Å². The van der Waals surface area contributed by atoms with Crippen molar-refractivity contribution in [3.05, 3.63) is 35.3 Å². The van der Waals surface area contributed by atoms with E-state index in [1.165, 1.54) is 4.88 Å². The highest BCUT2D eigenvalue weighted by molar-refractivity contribution is 7.18. The number of aromatic amines is 1. The number of nitrogens with zero attached hydrogens (tertiary/aromatic N) is 6. The van der Waals surface area contributed by atoms with E-state index in [0.717, 1.165) is 65.2 Å². The SMILES string of the molecule is CC(N)C(=O)N1CCN(Cc2cc3c(N4CCOCC4)nc(-c4cccc5[nH]ncc45)nc3s2)CC1. The first-order valence-corrected chi connectivity index (χ1v) is 13.2. The molecule has 1 aromatic carbocycles. The van der Waals surface area contributed by atoms with Crippen LogP contribution >= 0.6 is 11.3 Å². The minimum absolute atomic E-state index is 0.0297. The number of ether oxygens (including phenoxy) is 1. The largest absolute Gasteiger partial charge is 0.378 e. The first kappa shape index (κ1) is 23.3. The van der Waals surface area contributed by atoms with Crippen LogP contribution in [0.2, 0.25) is 0 Å². The van der Waals surface area contributed by atoms with Crippen molar-refractivity contribution in [1.82, 2.24) is 30.0 Å². The van der Waals surface area contributed by atoms with Crippen LogP contribution in [0.1, 0.15) is 11.8 Å². The lowest BCUT2D eigenvalue weighted by Gasteiger charge is -2.35. The van der Waals surface area contributed by atoms with Crippen molar-refractivity contribution in [2.24, 2.45) is 5.73 Å². The molecule has 10 nitrogen and oxygen atoms in total. The average Bonchev–Trinajstić information content (AvgIpc) is 3.55. The number of piperazine rings is 1. The number of H-pyrrole nitrogens is 1. The zero-order valence-corrected chi connectivity index (χ0v) is 21.1. The van der Waals surface area contributed by atoms with Gasteiger partial charge < -0.3 is 20.3 Å². The minimum atomic E-state index is -0.446. The van der Waals surface area contributed by atoms with E-state index in [2.05, 4.69) is 32.1 Å². The molecule has 0 saturated carbocycles. The van der Waals surface area contributed by atoms with Crippen LogP contribution in [0.5, 0.6) is 0 Å². The molecule has 188 valence electrons. The van der Waals surface area contributed by atoms with Crippen LogP contribution in [0, 0.1) is 0 Å². The number of carbonyl (C=O) groups excluding carboxylic acids is 1. The van der Waals surface area contributed by atoms with Crippen molar-refractivity contribution in [3.63, 3.8) is 0 Å². The molecular weight excluding hydrogens is 476 g/mol. The molecule has 2 fully saturated rings. The number of hydrogen-bond acceptors (Lipinski definition) is 9. The van der Waals surface area contributed by atoms with Crippen LogP contribution in [0.4, 0.5) is 5.82 Å². The molecular formula is C25H30N8O2S. The summed E-state index contributed by atoms with van der Waals surface area (Å²) >= 11 is 1.72. The molecule has 1 amide bonds. The van der Waals surface area contributed by atoms with Crippen LogP contribution in [0.3, 0.4) is 0 Å². The van der Waals surface area contributed by atoms with Gasteiger partial charge in [-0.2, -0.15) is 5.10 Å². The van der Waals surface area contributed by atoms with Gasteiger partial charge in [0.25, 0.3) is 0 Å². The number of rotatable bonds is 5. The Morgan fingerprint density at radius 2 is 1.94 bits per heavy atom. The second-order valence-corrected chi connectivity index (χ2v) is 10.5. The zero-order valence-electron chi connectivity index (χ0n) is 20.3. The maximum absolute atomic E-state index is 12.2. The van der Waals surface area contributed by atoms with E-state index >= 15 is 0 Å². The fourth-order valence-corrected chi connectivity index (χ4v) is 6.03. The smallest absolute Gasteiger partial charge is 0.239 e. The maximum atomic E-state index is 12.2. The van der Waals surface area contributed by atoms with Crippen molar-refractivity contribution in [2.75, 3.05) is 57.4 Å². The van der Waals surface area contributed by atoms with E-state index in [9.17, 15) is 4.79 Å². The summed E-state index contributed by atoms with van der Waals surface area (Å²) in [5, 5.41) is 9.36. The van der Waals surface area contributed by atoms with Gasteiger partial charge in [0.05, 0.1) is 36.4 Å². The second kappa shape index (κ2) is 9.74. The number of fused-ring (bicyclic) bond motifs is 2. The third kappa shape index (κ3) is 4.43. The van der Waals surface area contributed by atoms with Crippen molar-refractivity contribution >= 4 is 44.2 Å². The molecule has 2 aliphatic rings. The average molecular weight is 507 g/mol. The number of nitrogens with two attached hydrogens (primary N) is 1. The molecule has 3 aromatic heterocycles. The first-order valence-electron chi connectivity index (χ1n) is 12.4. The van der Waals surface area contributed by atoms with Gasteiger partial charge in [0, 0.05) is 61.6 Å². The molecule has 5 heterocycles. The summed E-state index contributed by atoms with van der Waals surface area (Å²) in [6.07, 6.45) is 1.84. The van der Waals surface area contributed by atoms with E-state index in [0.29, 0.717) is 32.1 Å². The summed E-state index contributed by atoms with van der Waals surface area (Å²) in [5.41, 5.74) is 7.73. The third-order valence-electron chi connectivity index (χ3n) is 6.91. The highest BCUT2D eigenvalue weighted by atomic mass is 32.1. The highest BCUT2D eigenvalue weighted by Crippen LogP contribution is 2.35. The predicted molar refractivity (Wildman–Crippen MR) is 141 cm³/mol. The Morgan fingerprint density at radius 3 is 2.72 bits per heavy atom. The molecule has 4 aromatic rings. The summed E-state index contributed by atoms with van der Waals surface area (Å²) in [6, 6.07) is 7.87. The van der Waals surface area contributed by atoms with Gasteiger partial charge in [0.2, 0.25) is 5.91 Å². The Kier molecular flexibility index (Phi) is 6.30. The molecule has 2 aliphatic heterocycles. The summed E-state index contributed by atoms with van der Waals surface area (Å²) in [4.78, 5) is 31.1. The number of aromatic nitrogens is 4. The van der Waals surface area contributed by atoms with Gasteiger partial charge in [-0.1, -0.05) is 12.1 Å². The zero-order chi connectivity index (χ0) is 24.6. The Hall–Kier alpha value is -3.12. The standard InChI is InChI=1S/C25H30N8O2S/c1-16(26)25(34)33-7-5-31(6-8-33)15-17-13-19-23(32-9-11-35-12-10-32)28-22(29-24(19)36-17)18-3-2-4-21-20(18)14-27-30-21/h2-4,13-14,16H,5-12,15,26H2,1H3,(H,27,30). The number of hydrogen-bond donors (Lipinski definition) is 2. The number of morpholine rings is 1. The van der Waals surface area contributed by atoms with Gasteiger partial charge in [0.1, 0.15) is 10.6 Å². The molecule has 3 N–H and O–H groups in total. The molecule has 0 bridgehead atoms. The number of anilines is 1. The van der Waals surface area contributed by atoms with E-state index < -0.39 is 6.04 Å². The number of thiophene rings is 1. The van der Waals surface area contributed by atoms with Crippen molar-refractivity contribution in [1.29, 1.82) is 0 Å². The van der Waals surface area contributed by atoms with Gasteiger partial charge in [-0.25, -0.2) is 9.97 Å². The molecule has 0 radical (unpaired) electrons. The van der Waals surface area contributed by atoms with E-state index in [-0.39, 0.29) is 5.91 Å². The van der Waals surface area contributed by atoms with Crippen molar-refractivity contribution < 1.29 is 9.53 Å². The Bertz CT molecular complexity index is 1390. The lowest BCUT2D eigenvalue weighted by atomic mass is 10.1. The van der Waals surface area contributed by atoms with Crippen molar-refractivity contribution in [3.8, 4) is 11.4 Å². The lowest BCUT2D eigenvalue weighted by molar-refractivity contribution is -0.134. The van der Waals surface area contributed by atoms with Crippen LogP contribution in [-0.2, 0) is 16.1 Å². The molecule has 36 heavy (non-hydrogen) atoms. The topological polar surface area (TPSA) is 116 Å². The van der Waals surface area contributed by atoms with Crippen LogP contribution in [0.25, 0.3) is 32.5 Å². The van der Waals surface area contributed by atoms with Crippen molar-refractivity contribution in [2.45, 2.75) is 19.5 Å². The second-order valence-electron chi connectivity index (χ2n) is 9.43. The summed E-state index contributed by atoms with van der Waals surface area (Å²) in [6.45, 7) is 8.68. The fourth-order valence-electron chi connectivity index (χ4n) is 4.97. The van der Waals surface area contributed by atoms with Crippen LogP contribution in [0.15, 0.2) is 30.5 Å². The first-order chi connectivity index (χ1) is 17.6. The molecule has 0 aliphatic carbocycles. The minimum Gasteiger partial charge on any atom is -0.378 e. The lowest BCUT2D eigenvalue weighted by Crippen LogP contribution is -2.52. The molecule has 1 atom stereocenters. The summed E-state index contributed by atoms with van der Waals surface area (Å²) < 4.78 is 5.60. The Balaban J connectivity index is 1.32. The van der Waals surface area contributed by atoms with Crippen LogP contribution in [-0.4, -0.2) is 94.4 Å². The molecule has 1 unspecified atom stereocenters. The number of amides is 1. The van der Waals surface area contributed by atoms with Gasteiger partial charge in [-0.3, -0.25) is 14.8 Å². The maximum Gasteiger partial charge on any atom is 0.239 e. The monoisotopic (exact) mass is 506 g/mol. The molecule has 0 spiro atoms. The van der Waals surface area contributed by atoms with E-state index in [1.807, 2.05) is 23.2 Å². The third-order valence-corrected chi connectivity index (χ3v) is 7.93. The highest BCUT2D eigenvalue weighted by Gasteiger charge is 2.25. The molecule has 6 rings (SSSR count). The summed E-state index contributed by atoms with van der Waals surface area (Å²) in [5.74, 6) is 1.71. The molecule has 11 heteroatoms. The van der Waals surface area contributed by atoms with Gasteiger partial charge in [-0.15, -0.1) is 11.3 Å².